The van der Waals surface area contributed by atoms with E-state index in [9.17, 15) is 9.59 Å². The topological polar surface area (TPSA) is 62.6 Å². The van der Waals surface area contributed by atoms with Crippen molar-refractivity contribution in [2.75, 3.05) is 32.0 Å². The van der Waals surface area contributed by atoms with E-state index in [4.69, 9.17) is 0 Å². The molecule has 1 aliphatic rings. The number of amides is 2. The highest BCUT2D eigenvalue weighted by atomic mass is 16.2. The highest BCUT2D eigenvalue weighted by molar-refractivity contribution is 5.95. The van der Waals surface area contributed by atoms with Gasteiger partial charge in [-0.15, -0.1) is 0 Å². The molecule has 0 aromatic heterocycles. The van der Waals surface area contributed by atoms with Crippen LogP contribution in [-0.2, 0) is 11.2 Å². The van der Waals surface area contributed by atoms with Crippen LogP contribution >= 0.6 is 0 Å². The SMILES string of the molecule is CNC(=O)c1ccc(NC(=O)C[NH+]2CCC(Cc3ccccc3)CC2)cc1. The Hall–Kier alpha value is -2.66. The van der Waals surface area contributed by atoms with Crippen LogP contribution in [0.15, 0.2) is 54.6 Å². The number of quaternary nitrogens is 1. The number of benzene rings is 2. The summed E-state index contributed by atoms with van der Waals surface area (Å²) in [6.07, 6.45) is 3.47. The first-order chi connectivity index (χ1) is 13.1. The first-order valence-corrected chi connectivity index (χ1v) is 9.63. The van der Waals surface area contributed by atoms with E-state index in [1.807, 2.05) is 0 Å². The van der Waals surface area contributed by atoms with Gasteiger partial charge in [0.25, 0.3) is 11.8 Å². The molecule has 2 amide bonds. The van der Waals surface area contributed by atoms with Crippen molar-refractivity contribution in [2.24, 2.45) is 5.92 Å². The lowest BCUT2D eigenvalue weighted by Crippen LogP contribution is -3.14. The van der Waals surface area contributed by atoms with Gasteiger partial charge < -0.3 is 15.5 Å². The molecule has 0 radical (unpaired) electrons. The maximum absolute atomic E-state index is 12.3. The standard InChI is InChI=1S/C22H27N3O2/c1-23-22(27)19-7-9-20(10-8-19)24-21(26)16-25-13-11-18(12-14-25)15-17-5-3-2-4-6-17/h2-10,18H,11-16H2,1H3,(H,23,27)(H,24,26)/p+1. The predicted molar refractivity (Wildman–Crippen MR) is 107 cm³/mol. The number of likely N-dealkylation sites (tertiary alicyclic amines) is 1. The number of piperidine rings is 1. The molecule has 1 saturated heterocycles. The van der Waals surface area contributed by atoms with Crippen LogP contribution in [-0.4, -0.2) is 38.5 Å². The van der Waals surface area contributed by atoms with Crippen LogP contribution in [0.2, 0.25) is 0 Å². The van der Waals surface area contributed by atoms with Crippen LogP contribution in [0.4, 0.5) is 5.69 Å². The van der Waals surface area contributed by atoms with Crippen molar-refractivity contribution in [1.82, 2.24) is 5.32 Å². The third-order valence-corrected chi connectivity index (χ3v) is 5.25. The molecule has 2 aromatic carbocycles. The molecule has 0 saturated carbocycles. The molecule has 5 heteroatoms. The average Bonchev–Trinajstić information content (AvgIpc) is 2.70. The summed E-state index contributed by atoms with van der Waals surface area (Å²) < 4.78 is 0. The smallest absolute Gasteiger partial charge is 0.279 e. The summed E-state index contributed by atoms with van der Waals surface area (Å²) in [4.78, 5) is 25.2. The molecule has 5 nitrogen and oxygen atoms in total. The first-order valence-electron chi connectivity index (χ1n) is 9.63. The zero-order valence-corrected chi connectivity index (χ0v) is 15.8. The Balaban J connectivity index is 1.42. The van der Waals surface area contributed by atoms with Gasteiger partial charge in [0.15, 0.2) is 6.54 Å². The largest absolute Gasteiger partial charge is 0.355 e. The molecule has 0 atom stereocenters. The second-order valence-corrected chi connectivity index (χ2v) is 7.26. The van der Waals surface area contributed by atoms with E-state index in [-0.39, 0.29) is 11.8 Å². The Morgan fingerprint density at radius 2 is 1.67 bits per heavy atom. The number of rotatable bonds is 6. The van der Waals surface area contributed by atoms with Crippen molar-refractivity contribution in [3.63, 3.8) is 0 Å². The van der Waals surface area contributed by atoms with E-state index in [0.29, 0.717) is 12.1 Å². The minimum Gasteiger partial charge on any atom is -0.355 e. The molecular weight excluding hydrogens is 338 g/mol. The molecule has 3 rings (SSSR count). The number of nitrogens with one attached hydrogen (secondary N) is 3. The molecule has 1 heterocycles. The summed E-state index contributed by atoms with van der Waals surface area (Å²) in [7, 11) is 1.60. The molecule has 0 aliphatic carbocycles. The Morgan fingerprint density at radius 3 is 2.30 bits per heavy atom. The van der Waals surface area contributed by atoms with Crippen molar-refractivity contribution in [2.45, 2.75) is 19.3 Å². The predicted octanol–water partition coefficient (Wildman–Crippen LogP) is 1.52. The fraction of sp³-hybridized carbons (Fsp3) is 0.364. The Kier molecular flexibility index (Phi) is 6.60. The second kappa shape index (κ2) is 9.33. The number of hydrogen-bond acceptors (Lipinski definition) is 2. The summed E-state index contributed by atoms with van der Waals surface area (Å²) in [5, 5.41) is 5.52. The van der Waals surface area contributed by atoms with Gasteiger partial charge in [-0.1, -0.05) is 30.3 Å². The van der Waals surface area contributed by atoms with Gasteiger partial charge in [-0.3, -0.25) is 9.59 Å². The Morgan fingerprint density at radius 1 is 1.00 bits per heavy atom. The van der Waals surface area contributed by atoms with Gasteiger partial charge in [-0.2, -0.15) is 0 Å². The van der Waals surface area contributed by atoms with Crippen molar-refractivity contribution >= 4 is 17.5 Å². The second-order valence-electron chi connectivity index (χ2n) is 7.26. The molecule has 0 unspecified atom stereocenters. The van der Waals surface area contributed by atoms with Crippen LogP contribution < -0.4 is 15.5 Å². The van der Waals surface area contributed by atoms with Gasteiger partial charge in [-0.05, 0) is 55.0 Å². The van der Waals surface area contributed by atoms with Crippen LogP contribution in [0, 0.1) is 5.92 Å². The van der Waals surface area contributed by atoms with E-state index in [1.165, 1.54) is 23.3 Å². The molecule has 142 valence electrons. The maximum Gasteiger partial charge on any atom is 0.279 e. The van der Waals surface area contributed by atoms with Crippen molar-refractivity contribution < 1.29 is 14.5 Å². The molecule has 3 N–H and O–H groups in total. The summed E-state index contributed by atoms with van der Waals surface area (Å²) in [5.41, 5.74) is 2.72. The zero-order valence-electron chi connectivity index (χ0n) is 15.8. The number of hydrogen-bond donors (Lipinski definition) is 3. The lowest BCUT2D eigenvalue weighted by Gasteiger charge is -2.29. The third kappa shape index (κ3) is 5.66. The normalized spacial score (nSPS) is 19.3. The van der Waals surface area contributed by atoms with Crippen LogP contribution in [0.5, 0.6) is 0 Å². The Labute approximate surface area is 160 Å². The number of anilines is 1. The van der Waals surface area contributed by atoms with Crippen LogP contribution in [0.25, 0.3) is 0 Å². The molecule has 1 aliphatic heterocycles. The molecular formula is C22H28N3O2+. The quantitative estimate of drug-likeness (QED) is 0.726. The highest BCUT2D eigenvalue weighted by Gasteiger charge is 2.24. The lowest BCUT2D eigenvalue weighted by atomic mass is 9.90. The van der Waals surface area contributed by atoms with Crippen LogP contribution in [0.3, 0.4) is 0 Å². The van der Waals surface area contributed by atoms with Crippen molar-refractivity contribution in [1.29, 1.82) is 0 Å². The average molecular weight is 366 g/mol. The van der Waals surface area contributed by atoms with Gasteiger partial charge >= 0.3 is 0 Å². The fourth-order valence-corrected chi connectivity index (χ4v) is 3.70. The summed E-state index contributed by atoms with van der Waals surface area (Å²) in [6, 6.07) is 17.6. The molecule has 27 heavy (non-hydrogen) atoms. The first kappa shape index (κ1) is 19.1. The van der Waals surface area contributed by atoms with E-state index >= 15 is 0 Å². The van der Waals surface area contributed by atoms with Gasteiger partial charge in [0.05, 0.1) is 13.1 Å². The van der Waals surface area contributed by atoms with E-state index in [2.05, 4.69) is 41.0 Å². The lowest BCUT2D eigenvalue weighted by molar-refractivity contribution is -0.898. The van der Waals surface area contributed by atoms with Gasteiger partial charge in [0, 0.05) is 18.3 Å². The number of carbonyl (C=O) groups excluding carboxylic acids is 2. The minimum absolute atomic E-state index is 0.0270. The van der Waals surface area contributed by atoms with E-state index in [1.54, 1.807) is 31.3 Å². The summed E-state index contributed by atoms with van der Waals surface area (Å²) in [6.45, 7) is 2.58. The molecule has 2 aromatic rings. The maximum atomic E-state index is 12.3. The monoisotopic (exact) mass is 366 g/mol. The van der Waals surface area contributed by atoms with Crippen LogP contribution in [0.1, 0.15) is 28.8 Å². The number of carbonyl (C=O) groups is 2. The van der Waals surface area contributed by atoms with Crippen molar-refractivity contribution in [3.05, 3.63) is 65.7 Å². The van der Waals surface area contributed by atoms with Gasteiger partial charge in [0.1, 0.15) is 0 Å². The highest BCUT2D eigenvalue weighted by Crippen LogP contribution is 2.16. The van der Waals surface area contributed by atoms with Gasteiger partial charge in [-0.25, -0.2) is 0 Å². The molecule has 0 bridgehead atoms. The molecule has 1 fully saturated rings. The molecule has 0 spiro atoms. The van der Waals surface area contributed by atoms with Crippen molar-refractivity contribution in [3.8, 4) is 0 Å². The summed E-state index contributed by atoms with van der Waals surface area (Å²) in [5.74, 6) is 0.617. The van der Waals surface area contributed by atoms with E-state index in [0.717, 1.165) is 31.1 Å². The van der Waals surface area contributed by atoms with E-state index < -0.39 is 0 Å². The third-order valence-electron chi connectivity index (χ3n) is 5.25. The minimum atomic E-state index is -0.129. The fourth-order valence-electron chi connectivity index (χ4n) is 3.70. The Bertz CT molecular complexity index is 751. The van der Waals surface area contributed by atoms with Gasteiger partial charge in [0.2, 0.25) is 0 Å². The summed E-state index contributed by atoms with van der Waals surface area (Å²) >= 11 is 0. The zero-order chi connectivity index (χ0) is 19.1.